The minimum Gasteiger partial charge on any atom is -0.468 e. The summed E-state index contributed by atoms with van der Waals surface area (Å²) in [5, 5.41) is 8.71. The SMILES string of the molecule is COC(=O)C(C)N1CCB(C#N)CC1. The summed E-state index contributed by atoms with van der Waals surface area (Å²) in [4.78, 5) is 13.3. The van der Waals surface area contributed by atoms with E-state index >= 15 is 0 Å². The van der Waals surface area contributed by atoms with Gasteiger partial charge in [0.1, 0.15) is 6.04 Å². The van der Waals surface area contributed by atoms with Gasteiger partial charge in [0.05, 0.1) is 7.11 Å². The number of ether oxygens (including phenoxy) is 1. The lowest BCUT2D eigenvalue weighted by molar-refractivity contribution is -0.146. The molecule has 0 aromatic heterocycles. The topological polar surface area (TPSA) is 53.3 Å². The van der Waals surface area contributed by atoms with Crippen LogP contribution in [0.3, 0.4) is 0 Å². The Kier molecular flexibility index (Phi) is 3.96. The van der Waals surface area contributed by atoms with Crippen molar-refractivity contribution in [2.24, 2.45) is 0 Å². The van der Waals surface area contributed by atoms with E-state index in [4.69, 9.17) is 5.26 Å². The molecule has 1 atom stereocenters. The zero-order valence-electron chi connectivity index (χ0n) is 8.69. The van der Waals surface area contributed by atoms with Crippen molar-refractivity contribution < 1.29 is 9.53 Å². The highest BCUT2D eigenvalue weighted by Crippen LogP contribution is 2.13. The summed E-state index contributed by atoms with van der Waals surface area (Å²) in [6.07, 6.45) is 1.72. The fourth-order valence-corrected chi connectivity index (χ4v) is 1.74. The molecule has 1 aliphatic heterocycles. The maximum absolute atomic E-state index is 11.2. The van der Waals surface area contributed by atoms with Crippen molar-refractivity contribution in [2.45, 2.75) is 25.6 Å². The fourth-order valence-electron chi connectivity index (χ4n) is 1.74. The Balaban J connectivity index is 2.42. The molecule has 1 rings (SSSR count). The second-order valence-corrected chi connectivity index (χ2v) is 3.64. The Morgan fingerprint density at radius 3 is 2.57 bits per heavy atom. The van der Waals surface area contributed by atoms with Crippen LogP contribution in [0.25, 0.3) is 0 Å². The van der Waals surface area contributed by atoms with E-state index in [1.165, 1.54) is 7.11 Å². The van der Waals surface area contributed by atoms with E-state index < -0.39 is 0 Å². The summed E-state index contributed by atoms with van der Waals surface area (Å²) in [6, 6.07) is -0.181. The van der Waals surface area contributed by atoms with Crippen molar-refractivity contribution >= 4 is 12.7 Å². The van der Waals surface area contributed by atoms with Gasteiger partial charge in [-0.2, -0.15) is 0 Å². The van der Waals surface area contributed by atoms with Gasteiger partial charge in [0.2, 0.25) is 0 Å². The minimum absolute atomic E-state index is 0.163. The molecule has 0 amide bonds. The number of hydrogen-bond donors (Lipinski definition) is 0. The maximum atomic E-state index is 11.2. The van der Waals surface area contributed by atoms with E-state index in [2.05, 4.69) is 15.6 Å². The van der Waals surface area contributed by atoms with Crippen molar-refractivity contribution in [2.75, 3.05) is 20.2 Å². The molecule has 0 aromatic rings. The number of esters is 1. The van der Waals surface area contributed by atoms with Crippen molar-refractivity contribution in [3.05, 3.63) is 0 Å². The van der Waals surface area contributed by atoms with E-state index in [1.807, 2.05) is 6.92 Å². The standard InChI is InChI=1S/C9H15BN2O2/c1-8(9(13)14-2)12-5-3-10(7-11)4-6-12/h8H,3-6H2,1-2H3. The average molecular weight is 194 g/mol. The largest absolute Gasteiger partial charge is 0.468 e. The Morgan fingerprint density at radius 2 is 2.14 bits per heavy atom. The molecular weight excluding hydrogens is 179 g/mol. The summed E-state index contributed by atoms with van der Waals surface area (Å²) in [7, 11) is 1.40. The van der Waals surface area contributed by atoms with Crippen LogP contribution >= 0.6 is 0 Å². The van der Waals surface area contributed by atoms with Gasteiger partial charge in [0, 0.05) is 5.97 Å². The first-order valence-electron chi connectivity index (χ1n) is 4.90. The monoisotopic (exact) mass is 194 g/mol. The zero-order valence-corrected chi connectivity index (χ0v) is 8.69. The molecule has 0 spiro atoms. The van der Waals surface area contributed by atoms with Crippen molar-refractivity contribution in [3.8, 4) is 5.97 Å². The van der Waals surface area contributed by atoms with Crippen LogP contribution < -0.4 is 0 Å². The van der Waals surface area contributed by atoms with Crippen LogP contribution in [0.15, 0.2) is 0 Å². The number of nitriles is 1. The maximum Gasteiger partial charge on any atom is 0.322 e. The van der Waals surface area contributed by atoms with Crippen LogP contribution in [-0.2, 0) is 9.53 Å². The molecule has 1 heterocycles. The van der Waals surface area contributed by atoms with Gasteiger partial charge < -0.3 is 4.74 Å². The molecule has 5 heteroatoms. The molecule has 76 valence electrons. The number of rotatable bonds is 2. The third-order valence-electron chi connectivity index (χ3n) is 2.80. The van der Waals surface area contributed by atoms with Gasteiger partial charge in [-0.05, 0) is 32.7 Å². The summed E-state index contributed by atoms with van der Waals surface area (Å²) >= 11 is 0. The number of methoxy groups -OCH3 is 1. The normalized spacial score (nSPS) is 19.9. The lowest BCUT2D eigenvalue weighted by atomic mass is 9.45. The van der Waals surface area contributed by atoms with Crippen LogP contribution in [0.1, 0.15) is 6.92 Å². The molecule has 1 unspecified atom stereocenters. The van der Waals surface area contributed by atoms with Gasteiger partial charge in [-0.1, -0.05) is 0 Å². The first kappa shape index (κ1) is 11.1. The molecular formula is C9H15BN2O2. The summed E-state index contributed by atoms with van der Waals surface area (Å²) < 4.78 is 4.67. The molecule has 0 N–H and O–H groups in total. The first-order chi connectivity index (χ1) is 6.69. The molecule has 1 aliphatic rings. The van der Waals surface area contributed by atoms with Gasteiger partial charge in [-0.3, -0.25) is 9.69 Å². The van der Waals surface area contributed by atoms with Crippen LogP contribution in [0.2, 0.25) is 12.6 Å². The van der Waals surface area contributed by atoms with E-state index in [0.29, 0.717) is 0 Å². The highest BCUT2D eigenvalue weighted by Gasteiger charge is 2.28. The van der Waals surface area contributed by atoms with Crippen LogP contribution in [0.4, 0.5) is 0 Å². The van der Waals surface area contributed by atoms with Crippen molar-refractivity contribution in [3.63, 3.8) is 0 Å². The van der Waals surface area contributed by atoms with Crippen molar-refractivity contribution in [1.29, 1.82) is 5.26 Å². The van der Waals surface area contributed by atoms with Crippen molar-refractivity contribution in [1.82, 2.24) is 4.90 Å². The Morgan fingerprint density at radius 1 is 1.57 bits per heavy atom. The van der Waals surface area contributed by atoms with Gasteiger partial charge in [-0.25, -0.2) is 5.26 Å². The van der Waals surface area contributed by atoms with Crippen LogP contribution in [-0.4, -0.2) is 43.8 Å². The minimum atomic E-state index is -0.194. The second kappa shape index (κ2) is 5.01. The summed E-state index contributed by atoms with van der Waals surface area (Å²) in [6.45, 7) is 3.64. The highest BCUT2D eigenvalue weighted by molar-refractivity contribution is 6.67. The van der Waals surface area contributed by atoms with E-state index in [-0.39, 0.29) is 18.7 Å². The lowest BCUT2D eigenvalue weighted by Crippen LogP contribution is -2.45. The molecule has 0 aromatic carbocycles. The molecule has 0 aliphatic carbocycles. The van der Waals surface area contributed by atoms with E-state index in [9.17, 15) is 4.79 Å². The molecule has 14 heavy (non-hydrogen) atoms. The number of nitrogens with zero attached hydrogens (tertiary/aromatic N) is 2. The molecule has 0 bridgehead atoms. The molecule has 4 nitrogen and oxygen atoms in total. The van der Waals surface area contributed by atoms with Gasteiger partial charge in [0.15, 0.2) is 0 Å². The average Bonchev–Trinajstić information content (AvgIpc) is 2.27. The molecule has 0 saturated carbocycles. The Labute approximate surface area is 84.9 Å². The quantitative estimate of drug-likeness (QED) is 0.472. The third kappa shape index (κ3) is 2.49. The fraction of sp³-hybridized carbons (Fsp3) is 0.778. The van der Waals surface area contributed by atoms with E-state index in [0.717, 1.165) is 25.7 Å². The smallest absolute Gasteiger partial charge is 0.322 e. The van der Waals surface area contributed by atoms with Gasteiger partial charge in [-0.15, -0.1) is 0 Å². The Bertz CT molecular complexity index is 244. The predicted molar refractivity (Wildman–Crippen MR) is 54.0 cm³/mol. The van der Waals surface area contributed by atoms with Crippen LogP contribution in [0, 0.1) is 11.2 Å². The van der Waals surface area contributed by atoms with Crippen LogP contribution in [0.5, 0.6) is 0 Å². The highest BCUT2D eigenvalue weighted by atomic mass is 16.5. The molecule has 1 fully saturated rings. The predicted octanol–water partition coefficient (Wildman–Crippen LogP) is 0.421. The summed E-state index contributed by atoms with van der Waals surface area (Å²) in [5.74, 6) is 2.07. The second-order valence-electron chi connectivity index (χ2n) is 3.64. The number of carbonyl (C=O) groups excluding carboxylic acids is 1. The number of carbonyl (C=O) groups is 1. The number of hydrogen-bond acceptors (Lipinski definition) is 4. The zero-order chi connectivity index (χ0) is 10.6. The molecule has 0 radical (unpaired) electrons. The van der Waals surface area contributed by atoms with Gasteiger partial charge in [0.25, 0.3) is 6.71 Å². The van der Waals surface area contributed by atoms with Gasteiger partial charge >= 0.3 is 5.97 Å². The van der Waals surface area contributed by atoms with E-state index in [1.54, 1.807) is 0 Å². The summed E-state index contributed by atoms with van der Waals surface area (Å²) in [5.41, 5.74) is 0. The lowest BCUT2D eigenvalue weighted by Gasteiger charge is -2.31. The molecule has 1 saturated heterocycles. The first-order valence-corrected chi connectivity index (χ1v) is 4.90. The third-order valence-corrected chi connectivity index (χ3v) is 2.80. The Hall–Kier alpha value is -1.02.